The first-order valence-electron chi connectivity index (χ1n) is 6.90. The molecular formula is C16H20N2O2. The van der Waals surface area contributed by atoms with Gasteiger partial charge in [0.15, 0.2) is 0 Å². The smallest absolute Gasteiger partial charge is 0.304 e. The zero-order chi connectivity index (χ0) is 14.8. The lowest BCUT2D eigenvalue weighted by Gasteiger charge is -2.24. The molecular weight excluding hydrogens is 252 g/mol. The Morgan fingerprint density at radius 2 is 2.20 bits per heavy atom. The van der Waals surface area contributed by atoms with Gasteiger partial charge in [0.25, 0.3) is 0 Å². The molecule has 1 aromatic rings. The van der Waals surface area contributed by atoms with Crippen molar-refractivity contribution in [3.63, 3.8) is 0 Å². The zero-order valence-corrected chi connectivity index (χ0v) is 12.0. The Morgan fingerprint density at radius 3 is 2.85 bits per heavy atom. The van der Waals surface area contributed by atoms with Crippen LogP contribution >= 0.6 is 0 Å². The summed E-state index contributed by atoms with van der Waals surface area (Å²) >= 11 is 0. The summed E-state index contributed by atoms with van der Waals surface area (Å²) in [6, 6.07) is 10.3. The molecule has 1 aliphatic heterocycles. The van der Waals surface area contributed by atoms with Crippen LogP contribution in [0.3, 0.4) is 0 Å². The number of carboxylic acids is 1. The molecule has 0 radical (unpaired) electrons. The summed E-state index contributed by atoms with van der Waals surface area (Å²) in [6.07, 6.45) is 0.937. The van der Waals surface area contributed by atoms with E-state index in [1.807, 2.05) is 38.1 Å². The zero-order valence-electron chi connectivity index (χ0n) is 12.0. The second-order valence-corrected chi connectivity index (χ2v) is 6.05. The fourth-order valence-corrected chi connectivity index (χ4v) is 2.65. The molecule has 1 atom stereocenters. The van der Waals surface area contributed by atoms with Gasteiger partial charge < -0.3 is 10.0 Å². The third kappa shape index (κ3) is 3.11. The number of hydrogen-bond donors (Lipinski definition) is 1. The minimum atomic E-state index is -0.760. The second-order valence-electron chi connectivity index (χ2n) is 6.05. The molecule has 0 bridgehead atoms. The molecule has 1 heterocycles. The van der Waals surface area contributed by atoms with Crippen molar-refractivity contribution in [2.24, 2.45) is 5.41 Å². The van der Waals surface area contributed by atoms with Crippen molar-refractivity contribution in [3.05, 3.63) is 29.8 Å². The van der Waals surface area contributed by atoms with Gasteiger partial charge in [-0.3, -0.25) is 4.79 Å². The molecule has 4 heteroatoms. The molecule has 0 amide bonds. The van der Waals surface area contributed by atoms with Crippen molar-refractivity contribution in [2.75, 3.05) is 18.0 Å². The number of nitrogens with zero attached hydrogens (tertiary/aromatic N) is 2. The van der Waals surface area contributed by atoms with Crippen LogP contribution in [0.25, 0.3) is 0 Å². The third-order valence-electron chi connectivity index (χ3n) is 3.89. The summed E-state index contributed by atoms with van der Waals surface area (Å²) < 4.78 is 0. The number of carboxylic acid groups (broad SMARTS) is 1. The molecule has 1 N–H and O–H groups in total. The van der Waals surface area contributed by atoms with E-state index in [1.165, 1.54) is 0 Å². The van der Waals surface area contributed by atoms with E-state index in [4.69, 9.17) is 10.4 Å². The van der Waals surface area contributed by atoms with Gasteiger partial charge in [0, 0.05) is 24.7 Å². The molecule has 0 saturated heterocycles. The highest BCUT2D eigenvalue weighted by atomic mass is 16.4. The number of rotatable bonds is 5. The summed E-state index contributed by atoms with van der Waals surface area (Å²) in [4.78, 5) is 13.2. The maximum Gasteiger partial charge on any atom is 0.304 e. The van der Waals surface area contributed by atoms with E-state index in [2.05, 4.69) is 11.0 Å². The quantitative estimate of drug-likeness (QED) is 0.895. The van der Waals surface area contributed by atoms with Gasteiger partial charge in [0.2, 0.25) is 0 Å². The standard InChI is InChI=1S/C16H20N2O2/c1-16(2,11-17)7-8-18-10-12(9-15(19)20)13-5-3-4-6-14(13)18/h3-6,12H,7-10H2,1-2H3,(H,19,20). The van der Waals surface area contributed by atoms with E-state index < -0.39 is 5.97 Å². The number of fused-ring (bicyclic) bond motifs is 1. The minimum Gasteiger partial charge on any atom is -0.481 e. The first kappa shape index (κ1) is 14.4. The van der Waals surface area contributed by atoms with Crippen LogP contribution in [0.1, 0.15) is 38.2 Å². The molecule has 1 aromatic carbocycles. The van der Waals surface area contributed by atoms with E-state index in [9.17, 15) is 4.79 Å². The third-order valence-corrected chi connectivity index (χ3v) is 3.89. The summed E-state index contributed by atoms with van der Waals surface area (Å²) in [5.41, 5.74) is 1.89. The Labute approximate surface area is 119 Å². The topological polar surface area (TPSA) is 64.3 Å². The second kappa shape index (κ2) is 5.54. The lowest BCUT2D eigenvalue weighted by Crippen LogP contribution is -2.27. The molecule has 106 valence electrons. The number of aliphatic carboxylic acids is 1. The van der Waals surface area contributed by atoms with E-state index in [1.54, 1.807) is 0 Å². The maximum atomic E-state index is 11.0. The van der Waals surface area contributed by atoms with E-state index in [-0.39, 0.29) is 17.8 Å². The molecule has 1 aliphatic rings. The van der Waals surface area contributed by atoms with Crippen LogP contribution in [0.5, 0.6) is 0 Å². The van der Waals surface area contributed by atoms with Crippen molar-refractivity contribution in [1.29, 1.82) is 5.26 Å². The normalized spacial score (nSPS) is 17.6. The van der Waals surface area contributed by atoms with E-state index in [0.29, 0.717) is 0 Å². The van der Waals surface area contributed by atoms with Gasteiger partial charge in [-0.2, -0.15) is 5.26 Å². The summed E-state index contributed by atoms with van der Waals surface area (Å²) in [6.45, 7) is 5.38. The number of para-hydroxylation sites is 1. The van der Waals surface area contributed by atoms with Crippen LogP contribution in [-0.2, 0) is 4.79 Å². The Balaban J connectivity index is 2.13. The van der Waals surface area contributed by atoms with Gasteiger partial charge >= 0.3 is 5.97 Å². The lowest BCUT2D eigenvalue weighted by molar-refractivity contribution is -0.137. The van der Waals surface area contributed by atoms with Gasteiger partial charge in [-0.15, -0.1) is 0 Å². The van der Waals surface area contributed by atoms with Crippen molar-refractivity contribution < 1.29 is 9.90 Å². The fraction of sp³-hybridized carbons (Fsp3) is 0.500. The molecule has 0 aromatic heterocycles. The molecule has 0 fully saturated rings. The predicted octanol–water partition coefficient (Wildman–Crippen LogP) is 3.00. The first-order valence-corrected chi connectivity index (χ1v) is 6.90. The summed E-state index contributed by atoms with van der Waals surface area (Å²) in [7, 11) is 0. The van der Waals surface area contributed by atoms with Crippen LogP contribution in [0.15, 0.2) is 24.3 Å². The molecule has 20 heavy (non-hydrogen) atoms. The maximum absolute atomic E-state index is 11.0. The molecule has 0 aliphatic carbocycles. The van der Waals surface area contributed by atoms with E-state index in [0.717, 1.165) is 30.8 Å². The summed E-state index contributed by atoms with van der Waals surface area (Å²) in [5, 5.41) is 18.1. The molecule has 1 unspecified atom stereocenters. The number of carbonyl (C=O) groups is 1. The van der Waals surface area contributed by atoms with Crippen molar-refractivity contribution in [3.8, 4) is 6.07 Å². The number of benzene rings is 1. The highest BCUT2D eigenvalue weighted by molar-refractivity contribution is 5.71. The van der Waals surface area contributed by atoms with Gasteiger partial charge in [0.05, 0.1) is 17.9 Å². The average Bonchev–Trinajstić information content (AvgIpc) is 2.75. The number of nitriles is 1. The minimum absolute atomic E-state index is 0.0499. The Kier molecular flexibility index (Phi) is 3.99. The predicted molar refractivity (Wildman–Crippen MR) is 77.7 cm³/mol. The van der Waals surface area contributed by atoms with Crippen molar-refractivity contribution >= 4 is 11.7 Å². The molecule has 0 spiro atoms. The van der Waals surface area contributed by atoms with Gasteiger partial charge in [-0.1, -0.05) is 18.2 Å². The van der Waals surface area contributed by atoms with Crippen LogP contribution in [0.2, 0.25) is 0 Å². The number of hydrogen-bond acceptors (Lipinski definition) is 3. The largest absolute Gasteiger partial charge is 0.481 e. The summed E-state index contributed by atoms with van der Waals surface area (Å²) in [5.74, 6) is -0.710. The van der Waals surface area contributed by atoms with Crippen LogP contribution in [0, 0.1) is 16.7 Å². The number of anilines is 1. The Morgan fingerprint density at radius 1 is 1.50 bits per heavy atom. The Bertz CT molecular complexity index is 546. The van der Waals surface area contributed by atoms with Gasteiger partial charge in [-0.05, 0) is 31.9 Å². The van der Waals surface area contributed by atoms with Gasteiger partial charge in [0.1, 0.15) is 0 Å². The molecule has 2 rings (SSSR count). The fourth-order valence-electron chi connectivity index (χ4n) is 2.65. The van der Waals surface area contributed by atoms with Crippen LogP contribution in [0.4, 0.5) is 5.69 Å². The van der Waals surface area contributed by atoms with Crippen molar-refractivity contribution in [2.45, 2.75) is 32.6 Å². The molecule has 0 saturated carbocycles. The average molecular weight is 272 g/mol. The lowest BCUT2D eigenvalue weighted by atomic mass is 9.91. The van der Waals surface area contributed by atoms with E-state index >= 15 is 0 Å². The molecule has 4 nitrogen and oxygen atoms in total. The SMILES string of the molecule is CC(C)(C#N)CCN1CC(CC(=O)O)c2ccccc21. The highest BCUT2D eigenvalue weighted by Crippen LogP contribution is 2.38. The van der Waals surface area contributed by atoms with Crippen molar-refractivity contribution in [1.82, 2.24) is 0 Å². The monoisotopic (exact) mass is 272 g/mol. The van der Waals surface area contributed by atoms with Gasteiger partial charge in [-0.25, -0.2) is 0 Å². The Hall–Kier alpha value is -2.02. The first-order chi connectivity index (χ1) is 9.43. The highest BCUT2D eigenvalue weighted by Gasteiger charge is 2.30. The van der Waals surface area contributed by atoms with Crippen LogP contribution in [-0.4, -0.2) is 24.2 Å². The van der Waals surface area contributed by atoms with Crippen LogP contribution < -0.4 is 4.90 Å².